The van der Waals surface area contributed by atoms with Crippen molar-refractivity contribution in [2.24, 2.45) is 5.92 Å². The summed E-state index contributed by atoms with van der Waals surface area (Å²) in [6.45, 7) is 2.12. The molecule has 2 fully saturated rings. The van der Waals surface area contributed by atoms with Gasteiger partial charge < -0.3 is 10.2 Å². The van der Waals surface area contributed by atoms with Gasteiger partial charge in [-0.15, -0.1) is 0 Å². The Balaban J connectivity index is 1.84. The fourth-order valence-electron chi connectivity index (χ4n) is 2.64. The van der Waals surface area contributed by atoms with Gasteiger partial charge in [0.1, 0.15) is 12.1 Å². The SMILES string of the molecule is CC1C(=O)NC(C2CC2)C(=O)N1Cc1ccc(Br)cc1Cl. The van der Waals surface area contributed by atoms with E-state index in [-0.39, 0.29) is 17.9 Å². The molecule has 0 radical (unpaired) electrons. The summed E-state index contributed by atoms with van der Waals surface area (Å²) in [5.41, 5.74) is 0.851. The topological polar surface area (TPSA) is 49.4 Å². The van der Waals surface area contributed by atoms with Crippen LogP contribution >= 0.6 is 27.5 Å². The fraction of sp³-hybridized carbons (Fsp3) is 0.467. The van der Waals surface area contributed by atoms with Crippen molar-refractivity contribution >= 4 is 39.3 Å². The van der Waals surface area contributed by atoms with Crippen molar-refractivity contribution in [3.8, 4) is 0 Å². The van der Waals surface area contributed by atoms with Crippen LogP contribution < -0.4 is 5.32 Å². The van der Waals surface area contributed by atoms with Crippen LogP contribution in [0.3, 0.4) is 0 Å². The molecule has 4 nitrogen and oxygen atoms in total. The lowest BCUT2D eigenvalue weighted by Gasteiger charge is -2.37. The summed E-state index contributed by atoms with van der Waals surface area (Å²) in [6.07, 6.45) is 2.02. The largest absolute Gasteiger partial charge is 0.342 e. The van der Waals surface area contributed by atoms with Gasteiger partial charge in [-0.2, -0.15) is 0 Å². The molecule has 21 heavy (non-hydrogen) atoms. The number of carbonyl (C=O) groups is 2. The summed E-state index contributed by atoms with van der Waals surface area (Å²) in [5, 5.41) is 3.44. The number of nitrogens with zero attached hydrogens (tertiary/aromatic N) is 1. The Hall–Kier alpha value is -1.07. The van der Waals surface area contributed by atoms with Crippen LogP contribution in [-0.2, 0) is 16.1 Å². The smallest absolute Gasteiger partial charge is 0.246 e. The summed E-state index contributed by atoms with van der Waals surface area (Å²) in [6, 6.07) is 4.74. The second kappa shape index (κ2) is 5.61. The van der Waals surface area contributed by atoms with Crippen molar-refractivity contribution < 1.29 is 9.59 Å². The van der Waals surface area contributed by atoms with E-state index in [4.69, 9.17) is 11.6 Å². The van der Waals surface area contributed by atoms with E-state index in [0.29, 0.717) is 17.5 Å². The molecule has 2 atom stereocenters. The maximum absolute atomic E-state index is 12.6. The normalized spacial score (nSPS) is 26.0. The molecule has 6 heteroatoms. The van der Waals surface area contributed by atoms with Gasteiger partial charge in [-0.3, -0.25) is 9.59 Å². The quantitative estimate of drug-likeness (QED) is 0.888. The number of nitrogens with one attached hydrogen (secondary N) is 1. The zero-order valence-corrected chi connectivity index (χ0v) is 13.9. The molecule has 3 rings (SSSR count). The van der Waals surface area contributed by atoms with Crippen LogP contribution in [0.25, 0.3) is 0 Å². The first kappa shape index (κ1) is 14.9. The zero-order chi connectivity index (χ0) is 15.1. The highest BCUT2D eigenvalue weighted by molar-refractivity contribution is 9.10. The van der Waals surface area contributed by atoms with Gasteiger partial charge in [0.2, 0.25) is 11.8 Å². The van der Waals surface area contributed by atoms with Gasteiger partial charge in [0.15, 0.2) is 0 Å². The molecule has 1 N–H and O–H groups in total. The molecule has 1 aliphatic carbocycles. The van der Waals surface area contributed by atoms with Crippen LogP contribution in [0.15, 0.2) is 22.7 Å². The second-order valence-corrected chi connectivity index (χ2v) is 7.02. The Morgan fingerprint density at radius 1 is 1.38 bits per heavy atom. The maximum Gasteiger partial charge on any atom is 0.246 e. The van der Waals surface area contributed by atoms with Gasteiger partial charge in [0.05, 0.1) is 0 Å². The summed E-state index contributed by atoms with van der Waals surface area (Å²) >= 11 is 9.59. The van der Waals surface area contributed by atoms with Crippen molar-refractivity contribution in [3.05, 3.63) is 33.3 Å². The highest BCUT2D eigenvalue weighted by Gasteiger charge is 2.45. The van der Waals surface area contributed by atoms with Crippen molar-refractivity contribution in [1.29, 1.82) is 0 Å². The number of benzene rings is 1. The van der Waals surface area contributed by atoms with Crippen LogP contribution in [0.1, 0.15) is 25.3 Å². The first-order valence-electron chi connectivity index (χ1n) is 7.02. The molecule has 0 bridgehead atoms. The van der Waals surface area contributed by atoms with E-state index in [1.165, 1.54) is 0 Å². The van der Waals surface area contributed by atoms with Crippen molar-refractivity contribution in [1.82, 2.24) is 10.2 Å². The van der Waals surface area contributed by atoms with Crippen LogP contribution in [0, 0.1) is 5.92 Å². The van der Waals surface area contributed by atoms with Gasteiger partial charge in [-0.05, 0) is 43.4 Å². The van der Waals surface area contributed by atoms with E-state index in [2.05, 4.69) is 21.2 Å². The molecule has 2 amide bonds. The molecule has 1 aromatic rings. The highest BCUT2D eigenvalue weighted by atomic mass is 79.9. The minimum Gasteiger partial charge on any atom is -0.342 e. The molecular formula is C15H16BrClN2O2. The fourth-order valence-corrected chi connectivity index (χ4v) is 3.38. The molecule has 1 aromatic carbocycles. The number of carbonyl (C=O) groups excluding carboxylic acids is 2. The average molecular weight is 372 g/mol. The molecule has 1 heterocycles. The van der Waals surface area contributed by atoms with Crippen LogP contribution in [0.5, 0.6) is 0 Å². The maximum atomic E-state index is 12.6. The Bertz CT molecular complexity index is 603. The number of rotatable bonds is 3. The minimum atomic E-state index is -0.466. The molecular weight excluding hydrogens is 356 g/mol. The average Bonchev–Trinajstić information content (AvgIpc) is 3.25. The number of amides is 2. The third-order valence-corrected chi connectivity index (χ3v) is 4.99. The summed E-state index contributed by atoms with van der Waals surface area (Å²) in [5.74, 6) is 0.222. The van der Waals surface area contributed by atoms with E-state index in [1.807, 2.05) is 12.1 Å². The molecule has 112 valence electrons. The van der Waals surface area contributed by atoms with E-state index >= 15 is 0 Å². The molecule has 0 aromatic heterocycles. The number of hydrogen-bond donors (Lipinski definition) is 1. The number of halogens is 2. The van der Waals surface area contributed by atoms with Crippen LogP contribution in [0.4, 0.5) is 0 Å². The third-order valence-electron chi connectivity index (χ3n) is 4.14. The first-order chi connectivity index (χ1) is 9.97. The van der Waals surface area contributed by atoms with Gasteiger partial charge in [0.25, 0.3) is 0 Å². The molecule has 1 saturated carbocycles. The molecule has 1 saturated heterocycles. The highest BCUT2D eigenvalue weighted by Crippen LogP contribution is 2.35. The van der Waals surface area contributed by atoms with E-state index < -0.39 is 6.04 Å². The Morgan fingerprint density at radius 2 is 2.10 bits per heavy atom. The molecule has 1 aliphatic heterocycles. The van der Waals surface area contributed by atoms with Gasteiger partial charge in [-0.1, -0.05) is 33.6 Å². The van der Waals surface area contributed by atoms with Crippen molar-refractivity contribution in [2.45, 2.75) is 38.4 Å². The van der Waals surface area contributed by atoms with E-state index in [9.17, 15) is 9.59 Å². The first-order valence-corrected chi connectivity index (χ1v) is 8.19. The molecule has 2 aliphatic rings. The van der Waals surface area contributed by atoms with Crippen molar-refractivity contribution in [3.63, 3.8) is 0 Å². The Kier molecular flexibility index (Phi) is 3.97. The predicted octanol–water partition coefficient (Wildman–Crippen LogP) is 2.73. The lowest BCUT2D eigenvalue weighted by molar-refractivity contribution is -0.149. The summed E-state index contributed by atoms with van der Waals surface area (Å²) in [7, 11) is 0. The summed E-state index contributed by atoms with van der Waals surface area (Å²) in [4.78, 5) is 26.3. The van der Waals surface area contributed by atoms with E-state index in [1.54, 1.807) is 17.9 Å². The monoisotopic (exact) mass is 370 g/mol. The van der Waals surface area contributed by atoms with Crippen LogP contribution in [-0.4, -0.2) is 28.8 Å². The molecule has 0 spiro atoms. The van der Waals surface area contributed by atoms with Gasteiger partial charge in [-0.25, -0.2) is 0 Å². The van der Waals surface area contributed by atoms with Crippen LogP contribution in [0.2, 0.25) is 5.02 Å². The van der Waals surface area contributed by atoms with Gasteiger partial charge in [0, 0.05) is 16.0 Å². The van der Waals surface area contributed by atoms with Crippen molar-refractivity contribution in [2.75, 3.05) is 0 Å². The number of hydrogen-bond acceptors (Lipinski definition) is 2. The Morgan fingerprint density at radius 3 is 2.71 bits per heavy atom. The lowest BCUT2D eigenvalue weighted by Crippen LogP contribution is -2.62. The predicted molar refractivity (Wildman–Crippen MR) is 83.8 cm³/mol. The second-order valence-electron chi connectivity index (χ2n) is 5.70. The summed E-state index contributed by atoms with van der Waals surface area (Å²) < 4.78 is 0.892. The lowest BCUT2D eigenvalue weighted by atomic mass is 10.0. The Labute approximate surface area is 137 Å². The zero-order valence-electron chi connectivity index (χ0n) is 11.6. The standard InChI is InChI=1S/C15H16BrClN2O2/c1-8-14(20)18-13(9-2-3-9)15(21)19(8)7-10-4-5-11(16)6-12(10)17/h4-6,8-9,13H,2-3,7H2,1H3,(H,18,20). The van der Waals surface area contributed by atoms with Gasteiger partial charge >= 0.3 is 0 Å². The number of piperazine rings is 1. The third kappa shape index (κ3) is 2.94. The molecule has 2 unspecified atom stereocenters. The van der Waals surface area contributed by atoms with E-state index in [0.717, 1.165) is 22.9 Å². The minimum absolute atomic E-state index is 0.00332.